The molecule has 3 rings (SSSR count). The van der Waals surface area contributed by atoms with Crippen LogP contribution in [0.15, 0.2) is 36.9 Å². The van der Waals surface area contributed by atoms with Gasteiger partial charge in [0.2, 0.25) is 0 Å². The Kier molecular flexibility index (Phi) is 26.8. The average Bonchev–Trinajstić information content (AvgIpc) is 3.50. The normalized spacial score (nSPS) is 15.2. The Bertz CT molecular complexity index is 413. The zero-order valence-corrected chi connectivity index (χ0v) is 21.6. The van der Waals surface area contributed by atoms with Gasteiger partial charge in [0.05, 0.1) is 0 Å². The quantitative estimate of drug-likeness (QED) is 0.209. The third-order valence-corrected chi connectivity index (χ3v) is 4.22. The van der Waals surface area contributed by atoms with E-state index in [1.54, 1.807) is 0 Å². The average molecular weight is 480 g/mol. The largest absolute Gasteiger partial charge is 2.00 e. The predicted octanol–water partition coefficient (Wildman–Crippen LogP) is 8.32. The molecular formula is C29H40Zr. The van der Waals surface area contributed by atoms with Crippen molar-refractivity contribution in [2.24, 2.45) is 0 Å². The standard InChI is InChI=1S/C15H21.2C5H5.C4H9.Zr/c1-4-5-6-7-8-14(3)15-11-9-13(2)10-12-15;2*1-2-4-5-3-1;1-3-4-2;/h4,9-12,14H,1,3,5-8H2,2H3;2*1-5H;1,3-4H2,2H3;/q-1;;;-1;+2. The van der Waals surface area contributed by atoms with Gasteiger partial charge in [0, 0.05) is 0 Å². The van der Waals surface area contributed by atoms with E-state index in [0.717, 1.165) is 12.8 Å². The van der Waals surface area contributed by atoms with Gasteiger partial charge >= 0.3 is 26.2 Å². The van der Waals surface area contributed by atoms with Gasteiger partial charge in [0.1, 0.15) is 0 Å². The third-order valence-electron chi connectivity index (χ3n) is 4.22. The fraction of sp³-hybridized carbons (Fsp3) is 0.310. The van der Waals surface area contributed by atoms with Gasteiger partial charge in [-0.3, -0.25) is 0 Å². The molecule has 0 aliphatic heterocycles. The Morgan fingerprint density at radius 2 is 1.23 bits per heavy atom. The minimum absolute atomic E-state index is 0. The number of unbranched alkanes of at least 4 members (excludes halogenated alkanes) is 3. The molecule has 1 aromatic rings. The van der Waals surface area contributed by atoms with E-state index >= 15 is 0 Å². The first kappa shape index (κ1) is 32.0. The maximum absolute atomic E-state index is 4.21. The van der Waals surface area contributed by atoms with E-state index in [-0.39, 0.29) is 26.2 Å². The zero-order chi connectivity index (χ0) is 21.6. The topological polar surface area (TPSA) is 0 Å². The van der Waals surface area contributed by atoms with Gasteiger partial charge in [-0.25, -0.2) is 0 Å². The molecule has 30 heavy (non-hydrogen) atoms. The van der Waals surface area contributed by atoms with Crippen LogP contribution in [0.3, 0.4) is 0 Å². The van der Waals surface area contributed by atoms with Gasteiger partial charge in [-0.05, 0) is 84.0 Å². The Balaban J connectivity index is 0. The van der Waals surface area contributed by atoms with E-state index in [4.69, 9.17) is 0 Å². The van der Waals surface area contributed by atoms with Crippen LogP contribution in [0.5, 0.6) is 0 Å². The Hall–Kier alpha value is -0.157. The first-order valence-corrected chi connectivity index (χ1v) is 10.8. The molecule has 2 aliphatic rings. The van der Waals surface area contributed by atoms with Crippen molar-refractivity contribution < 1.29 is 26.2 Å². The summed E-state index contributed by atoms with van der Waals surface area (Å²) < 4.78 is 0. The molecule has 1 aromatic carbocycles. The summed E-state index contributed by atoms with van der Waals surface area (Å²) in [4.78, 5) is 0. The summed E-state index contributed by atoms with van der Waals surface area (Å²) in [5.41, 5.74) is 2.68. The van der Waals surface area contributed by atoms with Crippen molar-refractivity contribution >= 4 is 0 Å². The fourth-order valence-corrected chi connectivity index (χ4v) is 2.33. The van der Waals surface area contributed by atoms with Crippen LogP contribution < -0.4 is 0 Å². The maximum atomic E-state index is 4.21. The van der Waals surface area contributed by atoms with Crippen LogP contribution in [-0.2, 0) is 26.2 Å². The molecule has 2 aliphatic carbocycles. The minimum atomic E-state index is 0. The predicted molar refractivity (Wildman–Crippen MR) is 131 cm³/mol. The monoisotopic (exact) mass is 478 g/mol. The summed E-state index contributed by atoms with van der Waals surface area (Å²) >= 11 is 0. The minimum Gasteiger partial charge on any atom is -0.343 e. The summed E-state index contributed by atoms with van der Waals surface area (Å²) in [5.74, 6) is 0.440. The first-order chi connectivity index (χ1) is 14.2. The van der Waals surface area contributed by atoms with E-state index in [2.05, 4.69) is 58.5 Å². The smallest absolute Gasteiger partial charge is 0.343 e. The molecule has 1 heteroatoms. The molecule has 0 aromatic heterocycles. The van der Waals surface area contributed by atoms with E-state index < -0.39 is 0 Å². The number of hydrogen-bond donors (Lipinski definition) is 0. The van der Waals surface area contributed by atoms with Crippen LogP contribution in [-0.4, -0.2) is 0 Å². The van der Waals surface area contributed by atoms with Crippen LogP contribution in [0.25, 0.3) is 0 Å². The Labute approximate surface area is 209 Å². The second-order valence-electron chi connectivity index (χ2n) is 6.96. The molecule has 1 atom stereocenters. The van der Waals surface area contributed by atoms with Gasteiger partial charge < -0.3 is 13.8 Å². The molecule has 0 amide bonds. The van der Waals surface area contributed by atoms with Crippen molar-refractivity contribution in [3.05, 3.63) is 126 Å². The van der Waals surface area contributed by atoms with Gasteiger partial charge in [-0.2, -0.15) is 6.42 Å². The van der Waals surface area contributed by atoms with Crippen molar-refractivity contribution in [1.29, 1.82) is 0 Å². The SMILES string of the molecule is C=CCCCCC([CH2-])c1ccc(C)cc1.[CH2-]CCC.[CH]1[CH][CH][CH][CH]1.[CH]1[CH][CH][CH][CH]1.[Zr+2]. The van der Waals surface area contributed by atoms with Gasteiger partial charge in [-0.15, -0.1) is 12.5 Å². The summed E-state index contributed by atoms with van der Waals surface area (Å²) in [6, 6.07) is 8.72. The van der Waals surface area contributed by atoms with Crippen LogP contribution in [0.4, 0.5) is 0 Å². The Morgan fingerprint density at radius 1 is 0.833 bits per heavy atom. The molecule has 2 saturated carbocycles. The molecule has 0 spiro atoms. The van der Waals surface area contributed by atoms with Crippen molar-refractivity contribution in [3.8, 4) is 0 Å². The summed E-state index contributed by atoms with van der Waals surface area (Å²) in [7, 11) is 0. The molecular weight excluding hydrogens is 440 g/mol. The molecule has 0 saturated heterocycles. The zero-order valence-electron chi connectivity index (χ0n) is 19.1. The van der Waals surface area contributed by atoms with E-state index in [1.165, 1.54) is 36.8 Å². The molecule has 10 radical (unpaired) electrons. The fourth-order valence-electron chi connectivity index (χ4n) is 2.33. The van der Waals surface area contributed by atoms with Crippen molar-refractivity contribution in [2.45, 2.75) is 58.3 Å². The summed E-state index contributed by atoms with van der Waals surface area (Å²) in [6.07, 6.45) is 29.1. The van der Waals surface area contributed by atoms with Crippen LogP contribution in [0, 0.1) is 85.0 Å². The summed E-state index contributed by atoms with van der Waals surface area (Å²) in [6.45, 7) is 15.8. The van der Waals surface area contributed by atoms with Crippen LogP contribution in [0.1, 0.15) is 62.5 Å². The molecule has 160 valence electrons. The number of aryl methyl sites for hydroxylation is 1. The maximum Gasteiger partial charge on any atom is 2.00 e. The van der Waals surface area contributed by atoms with E-state index in [9.17, 15) is 0 Å². The third kappa shape index (κ3) is 21.1. The van der Waals surface area contributed by atoms with Crippen molar-refractivity contribution in [3.63, 3.8) is 0 Å². The van der Waals surface area contributed by atoms with Crippen molar-refractivity contribution in [2.75, 3.05) is 0 Å². The Morgan fingerprint density at radius 3 is 1.57 bits per heavy atom. The molecule has 2 fully saturated rings. The first-order valence-electron chi connectivity index (χ1n) is 10.8. The number of benzene rings is 1. The van der Waals surface area contributed by atoms with E-state index in [1.807, 2.05) is 70.3 Å². The number of hydrogen-bond acceptors (Lipinski definition) is 0. The van der Waals surface area contributed by atoms with E-state index in [0.29, 0.717) is 5.92 Å². The molecule has 0 bridgehead atoms. The van der Waals surface area contributed by atoms with Gasteiger partial charge in [0.25, 0.3) is 0 Å². The number of rotatable bonds is 7. The second kappa shape index (κ2) is 25.1. The molecule has 0 N–H and O–H groups in total. The van der Waals surface area contributed by atoms with Crippen LogP contribution in [0.2, 0.25) is 0 Å². The van der Waals surface area contributed by atoms with Gasteiger partial charge in [-0.1, -0.05) is 67.7 Å². The van der Waals surface area contributed by atoms with Crippen LogP contribution >= 0.6 is 0 Å². The molecule has 0 heterocycles. The summed E-state index contributed by atoms with van der Waals surface area (Å²) in [5, 5.41) is 0. The number of allylic oxidation sites excluding steroid dienone is 1. The molecule has 1 unspecified atom stereocenters. The van der Waals surface area contributed by atoms with Gasteiger partial charge in [0.15, 0.2) is 0 Å². The molecule has 0 nitrogen and oxygen atoms in total. The second-order valence-corrected chi connectivity index (χ2v) is 6.96. The van der Waals surface area contributed by atoms with Crippen molar-refractivity contribution in [1.82, 2.24) is 0 Å².